The number of nitrogens with zero attached hydrogens (tertiary/aromatic N) is 2. The molecule has 0 spiro atoms. The number of methoxy groups -OCH3 is 1. The SMILES string of the molecule is C=C(O)c1cccc(Nc2cc(NC(=O)C3CC3)nnc2C(=O)NC(O)(O)O)c1OC. The van der Waals surface area contributed by atoms with Crippen LogP contribution in [-0.2, 0) is 4.79 Å². The van der Waals surface area contributed by atoms with Gasteiger partial charge >= 0.3 is 6.10 Å². The molecule has 1 heterocycles. The fraction of sp³-hybridized carbons (Fsp3) is 0.263. The molecular weight excluding hydrogens is 410 g/mol. The van der Waals surface area contributed by atoms with Crippen LogP contribution in [0.5, 0.6) is 5.75 Å². The lowest BCUT2D eigenvalue weighted by Crippen LogP contribution is -2.48. The molecule has 1 fully saturated rings. The predicted molar refractivity (Wildman–Crippen MR) is 108 cm³/mol. The van der Waals surface area contributed by atoms with Crippen LogP contribution in [0, 0.1) is 5.92 Å². The minimum absolute atomic E-state index is 0.0122. The van der Waals surface area contributed by atoms with Crippen molar-refractivity contribution in [1.82, 2.24) is 15.5 Å². The molecule has 1 aromatic carbocycles. The van der Waals surface area contributed by atoms with Crippen LogP contribution in [0.15, 0.2) is 30.8 Å². The van der Waals surface area contributed by atoms with Gasteiger partial charge in [-0.25, -0.2) is 0 Å². The van der Waals surface area contributed by atoms with Gasteiger partial charge < -0.3 is 35.8 Å². The molecule has 12 heteroatoms. The van der Waals surface area contributed by atoms with E-state index in [0.29, 0.717) is 5.69 Å². The second-order valence-corrected chi connectivity index (χ2v) is 6.80. The maximum Gasteiger partial charge on any atom is 0.369 e. The first-order chi connectivity index (χ1) is 14.6. The summed E-state index contributed by atoms with van der Waals surface area (Å²) in [5, 5.41) is 51.4. The van der Waals surface area contributed by atoms with Gasteiger partial charge in [0.05, 0.1) is 24.0 Å². The summed E-state index contributed by atoms with van der Waals surface area (Å²) in [5.74, 6) is -1.54. The molecule has 1 aromatic heterocycles. The molecule has 31 heavy (non-hydrogen) atoms. The van der Waals surface area contributed by atoms with E-state index in [1.165, 1.54) is 18.5 Å². The summed E-state index contributed by atoms with van der Waals surface area (Å²) in [6.07, 6.45) is -1.95. The standard InChI is InChI=1S/C19H21N5O7/c1-9(25)11-4-3-5-12(16(11)31-2)20-13-8-14(21-17(26)10-6-7-10)23-24-15(13)18(27)22-19(28,29)30/h3-5,8,10,25,28-30H,1,6-7H2,2H3,(H,22,27)(H2,20,21,23,26). The number of aliphatic hydroxyl groups excluding tert-OH is 1. The van der Waals surface area contributed by atoms with E-state index in [0.717, 1.165) is 12.8 Å². The van der Waals surface area contributed by atoms with Crippen LogP contribution in [-0.4, -0.2) is 55.6 Å². The fourth-order valence-electron chi connectivity index (χ4n) is 2.73. The summed E-state index contributed by atoms with van der Waals surface area (Å²) in [6.45, 7) is 3.47. The zero-order valence-corrected chi connectivity index (χ0v) is 16.4. The molecule has 1 saturated carbocycles. The Bertz CT molecular complexity index is 1030. The second kappa shape index (κ2) is 8.55. The van der Waals surface area contributed by atoms with Crippen molar-refractivity contribution in [3.8, 4) is 5.75 Å². The molecule has 1 aliphatic rings. The number of anilines is 3. The van der Waals surface area contributed by atoms with Crippen molar-refractivity contribution in [2.45, 2.75) is 18.9 Å². The van der Waals surface area contributed by atoms with Crippen molar-refractivity contribution >= 4 is 34.8 Å². The third-order valence-corrected chi connectivity index (χ3v) is 4.29. The molecule has 0 saturated heterocycles. The van der Waals surface area contributed by atoms with Gasteiger partial charge in [-0.2, -0.15) is 0 Å². The van der Waals surface area contributed by atoms with E-state index in [2.05, 4.69) is 27.4 Å². The first-order valence-corrected chi connectivity index (χ1v) is 9.09. The van der Waals surface area contributed by atoms with Crippen LogP contribution in [0.25, 0.3) is 5.76 Å². The van der Waals surface area contributed by atoms with Crippen molar-refractivity contribution < 1.29 is 34.8 Å². The number of benzene rings is 1. The second-order valence-electron chi connectivity index (χ2n) is 6.80. The van der Waals surface area contributed by atoms with Crippen LogP contribution in [0.1, 0.15) is 28.9 Å². The summed E-state index contributed by atoms with van der Waals surface area (Å²) >= 11 is 0. The molecule has 12 nitrogen and oxygen atoms in total. The molecule has 7 N–H and O–H groups in total. The largest absolute Gasteiger partial charge is 0.508 e. The Hall–Kier alpha value is -3.74. The Labute approximate surface area is 176 Å². The number of hydrogen-bond donors (Lipinski definition) is 7. The van der Waals surface area contributed by atoms with Gasteiger partial charge in [0.2, 0.25) is 5.91 Å². The molecule has 3 rings (SSSR count). The number of aliphatic hydroxyl groups is 4. The highest BCUT2D eigenvalue weighted by molar-refractivity contribution is 6.00. The van der Waals surface area contributed by atoms with Crippen LogP contribution >= 0.6 is 0 Å². The molecule has 0 radical (unpaired) electrons. The van der Waals surface area contributed by atoms with E-state index < -0.39 is 17.7 Å². The van der Waals surface area contributed by atoms with Crippen LogP contribution in [0.2, 0.25) is 0 Å². The summed E-state index contributed by atoms with van der Waals surface area (Å²) in [4.78, 5) is 24.4. The van der Waals surface area contributed by atoms with Crippen molar-refractivity contribution in [2.75, 3.05) is 17.7 Å². The van der Waals surface area contributed by atoms with Gasteiger partial charge in [-0.3, -0.25) is 14.9 Å². The summed E-state index contributed by atoms with van der Waals surface area (Å²) in [7, 11) is 1.37. The number of hydrogen-bond acceptors (Lipinski definition) is 10. The Morgan fingerprint density at radius 1 is 1.19 bits per heavy atom. The predicted octanol–water partition coefficient (Wildman–Crippen LogP) is 0.424. The van der Waals surface area contributed by atoms with Crippen molar-refractivity contribution in [3.05, 3.63) is 42.1 Å². The van der Waals surface area contributed by atoms with E-state index in [9.17, 15) is 14.7 Å². The smallest absolute Gasteiger partial charge is 0.369 e. The van der Waals surface area contributed by atoms with Gasteiger partial charge in [-0.05, 0) is 25.0 Å². The van der Waals surface area contributed by atoms with E-state index in [1.54, 1.807) is 18.2 Å². The fourth-order valence-corrected chi connectivity index (χ4v) is 2.73. The number of ether oxygens (including phenoxy) is 1. The monoisotopic (exact) mass is 431 g/mol. The number of carbonyl (C=O) groups is 2. The number of carbonyl (C=O) groups excluding carboxylic acids is 2. The van der Waals surface area contributed by atoms with Crippen LogP contribution in [0.3, 0.4) is 0 Å². The molecular formula is C19H21N5O7. The van der Waals surface area contributed by atoms with E-state index in [-0.39, 0.29) is 40.4 Å². The summed E-state index contributed by atoms with van der Waals surface area (Å²) in [6, 6.07) is 6.02. The molecule has 164 valence electrons. The van der Waals surface area contributed by atoms with Gasteiger partial charge in [0.25, 0.3) is 5.91 Å². The lowest BCUT2D eigenvalue weighted by Gasteiger charge is -2.18. The topological polar surface area (TPSA) is 186 Å². The number of rotatable bonds is 8. The van der Waals surface area contributed by atoms with Gasteiger partial charge in [0, 0.05) is 12.0 Å². The first-order valence-electron chi connectivity index (χ1n) is 9.09. The Balaban J connectivity index is 2.00. The molecule has 2 aromatic rings. The molecule has 0 bridgehead atoms. The van der Waals surface area contributed by atoms with Crippen molar-refractivity contribution in [3.63, 3.8) is 0 Å². The van der Waals surface area contributed by atoms with Crippen molar-refractivity contribution in [2.24, 2.45) is 5.92 Å². The number of para-hydroxylation sites is 1. The zero-order chi connectivity index (χ0) is 22.8. The normalized spacial score (nSPS) is 13.3. The van der Waals surface area contributed by atoms with E-state index in [1.807, 2.05) is 0 Å². The molecule has 2 amide bonds. The summed E-state index contributed by atoms with van der Waals surface area (Å²) in [5.41, 5.74) is 0.130. The minimum atomic E-state index is -3.48. The van der Waals surface area contributed by atoms with Crippen LogP contribution < -0.4 is 20.7 Å². The molecule has 0 atom stereocenters. The Morgan fingerprint density at radius 3 is 2.48 bits per heavy atom. The molecule has 1 aliphatic carbocycles. The van der Waals surface area contributed by atoms with Crippen molar-refractivity contribution in [1.29, 1.82) is 0 Å². The average Bonchev–Trinajstić information content (AvgIpc) is 3.52. The molecule has 0 unspecified atom stereocenters. The van der Waals surface area contributed by atoms with Gasteiger partial charge in [-0.15, -0.1) is 10.2 Å². The van der Waals surface area contributed by atoms with Gasteiger partial charge in [0.1, 0.15) is 5.76 Å². The quantitative estimate of drug-likeness (QED) is 0.228. The third kappa shape index (κ3) is 5.45. The first kappa shape index (κ1) is 22.0. The number of aromatic nitrogens is 2. The highest BCUT2D eigenvalue weighted by Crippen LogP contribution is 2.35. The Morgan fingerprint density at radius 2 is 1.90 bits per heavy atom. The van der Waals surface area contributed by atoms with E-state index in [4.69, 9.17) is 20.1 Å². The zero-order valence-electron chi connectivity index (χ0n) is 16.4. The maximum absolute atomic E-state index is 12.3. The number of amides is 2. The minimum Gasteiger partial charge on any atom is -0.508 e. The van der Waals surface area contributed by atoms with E-state index >= 15 is 0 Å². The van der Waals surface area contributed by atoms with Gasteiger partial charge in [-0.1, -0.05) is 12.6 Å². The van der Waals surface area contributed by atoms with Crippen LogP contribution in [0.4, 0.5) is 17.2 Å². The molecule has 0 aliphatic heterocycles. The number of nitrogens with one attached hydrogen (secondary N) is 3. The maximum atomic E-state index is 12.3. The highest BCUT2D eigenvalue weighted by Gasteiger charge is 2.31. The lowest BCUT2D eigenvalue weighted by atomic mass is 10.1. The Kier molecular flexibility index (Phi) is 6.06. The average molecular weight is 431 g/mol. The highest BCUT2D eigenvalue weighted by atomic mass is 16.7. The lowest BCUT2D eigenvalue weighted by molar-refractivity contribution is -0.323. The van der Waals surface area contributed by atoms with Gasteiger partial charge in [0.15, 0.2) is 17.3 Å². The third-order valence-electron chi connectivity index (χ3n) is 4.29. The summed E-state index contributed by atoms with van der Waals surface area (Å²) < 4.78 is 5.32.